The summed E-state index contributed by atoms with van der Waals surface area (Å²) < 4.78 is 0. The highest BCUT2D eigenvalue weighted by Gasteiger charge is 1.98. The fourth-order valence-electron chi connectivity index (χ4n) is 0.763. The van der Waals surface area contributed by atoms with Crippen LogP contribution in [0.4, 0.5) is 0 Å². The number of carboxylic acids is 1. The smallest absolute Gasteiger partial charge is 0.327 e. The average Bonchev–Trinajstić information content (AvgIpc) is 2.04. The zero-order valence-corrected chi connectivity index (χ0v) is 10.9. The van der Waals surface area contributed by atoms with Gasteiger partial charge in [0.1, 0.15) is 0 Å². The summed E-state index contributed by atoms with van der Waals surface area (Å²) in [6.07, 6.45) is 0.833. The van der Waals surface area contributed by atoms with E-state index in [-0.39, 0.29) is 0 Å². The van der Waals surface area contributed by atoms with Crippen molar-refractivity contribution in [2.24, 2.45) is 11.8 Å². The topological polar surface area (TPSA) is 37.3 Å². The zero-order chi connectivity index (χ0) is 11.6. The van der Waals surface area contributed by atoms with Crippen molar-refractivity contribution in [2.75, 3.05) is 0 Å². The molecule has 0 unspecified atom stereocenters. The molecule has 0 saturated carbocycles. The number of carbonyl (C=O) groups is 1. The molecule has 0 saturated heterocycles. The van der Waals surface area contributed by atoms with Crippen LogP contribution in [0, 0.1) is 11.8 Å². The van der Waals surface area contributed by atoms with Crippen molar-refractivity contribution in [3.05, 3.63) is 12.7 Å². The Morgan fingerprint density at radius 3 is 1.71 bits per heavy atom. The molecule has 0 spiro atoms. The van der Waals surface area contributed by atoms with Crippen LogP contribution in [0.5, 0.6) is 0 Å². The fraction of sp³-hybridized carbons (Fsp3) is 0.727. The van der Waals surface area contributed by atoms with Crippen molar-refractivity contribution in [2.45, 2.75) is 38.3 Å². The standard InChI is InChI=1S/2C4H9.C3H4O2.Al/c2*1-4(2)3;1-2-3(4)5;/h2*4H,1H2,2-3H3;2H,1H2,(H,4,5);. The first-order valence-electron chi connectivity index (χ1n) is 5.07. The number of rotatable bonds is 5. The van der Waals surface area contributed by atoms with E-state index < -0.39 is 5.97 Å². The molecule has 0 atom stereocenters. The second kappa shape index (κ2) is 10.8. The van der Waals surface area contributed by atoms with Crippen molar-refractivity contribution in [1.82, 2.24) is 0 Å². The molecule has 0 aliphatic heterocycles. The Hall–Kier alpha value is -0.258. The van der Waals surface area contributed by atoms with Gasteiger partial charge in [-0.1, -0.05) is 46.1 Å². The molecule has 3 heteroatoms. The lowest BCUT2D eigenvalue weighted by atomic mass is 10.3. The van der Waals surface area contributed by atoms with Gasteiger partial charge in [0.05, 0.1) is 0 Å². The van der Waals surface area contributed by atoms with Gasteiger partial charge in [-0.3, -0.25) is 0 Å². The number of carboxylic acid groups (broad SMARTS) is 1. The Morgan fingerprint density at radius 2 is 1.57 bits per heavy atom. The largest absolute Gasteiger partial charge is 0.478 e. The van der Waals surface area contributed by atoms with E-state index in [1.165, 1.54) is 10.6 Å². The number of aliphatic carboxylic acids is 1. The third-order valence-electron chi connectivity index (χ3n) is 1.45. The van der Waals surface area contributed by atoms with E-state index >= 15 is 0 Å². The van der Waals surface area contributed by atoms with Gasteiger partial charge in [0.25, 0.3) is 0 Å². The zero-order valence-electron chi connectivity index (χ0n) is 9.79. The predicted molar refractivity (Wildman–Crippen MR) is 62.9 cm³/mol. The number of hydrogen-bond acceptors (Lipinski definition) is 1. The Kier molecular flexibility index (Phi) is 12.5. The lowest BCUT2D eigenvalue weighted by molar-refractivity contribution is -0.131. The molecule has 0 amide bonds. The van der Waals surface area contributed by atoms with Crippen LogP contribution in [0.15, 0.2) is 12.7 Å². The molecule has 0 fully saturated rings. The van der Waals surface area contributed by atoms with Crippen LogP contribution in [0.1, 0.15) is 27.7 Å². The van der Waals surface area contributed by atoms with Gasteiger partial charge in [0.15, 0.2) is 0 Å². The minimum absolute atomic E-state index is 0.755. The van der Waals surface area contributed by atoms with Crippen LogP contribution in [-0.2, 0) is 4.79 Å². The first-order chi connectivity index (χ1) is 6.40. The van der Waals surface area contributed by atoms with Gasteiger partial charge in [-0.2, -0.15) is 0 Å². The van der Waals surface area contributed by atoms with Gasteiger partial charge >= 0.3 is 5.97 Å². The molecule has 1 N–H and O–H groups in total. The Morgan fingerprint density at radius 1 is 1.29 bits per heavy atom. The summed E-state index contributed by atoms with van der Waals surface area (Å²) >= 11 is 0.755. The maximum atomic E-state index is 9.25. The maximum absolute atomic E-state index is 9.25. The van der Waals surface area contributed by atoms with E-state index in [0.29, 0.717) is 0 Å². The highest BCUT2D eigenvalue weighted by molar-refractivity contribution is 6.35. The summed E-state index contributed by atoms with van der Waals surface area (Å²) in [5, 5.41) is 10.6. The Labute approximate surface area is 94.1 Å². The third-order valence-corrected chi connectivity index (χ3v) is 4.00. The van der Waals surface area contributed by atoms with Crippen LogP contribution < -0.4 is 0 Å². The van der Waals surface area contributed by atoms with Crippen LogP contribution in [0.3, 0.4) is 0 Å². The maximum Gasteiger partial charge on any atom is 0.327 e. The van der Waals surface area contributed by atoms with Gasteiger partial charge in [0.2, 0.25) is 15.2 Å². The Bertz CT molecular complexity index is 145. The molecule has 0 heterocycles. The molecule has 0 aliphatic rings. The van der Waals surface area contributed by atoms with Crippen LogP contribution in [0.25, 0.3) is 0 Å². The monoisotopic (exact) mass is 213 g/mol. The lowest BCUT2D eigenvalue weighted by Gasteiger charge is -2.03. The van der Waals surface area contributed by atoms with Crippen LogP contribution in [0.2, 0.25) is 10.6 Å². The van der Waals surface area contributed by atoms with Gasteiger partial charge < -0.3 is 5.11 Å². The first-order valence-corrected chi connectivity index (χ1v) is 6.70. The Balaban J connectivity index is 0. The minimum atomic E-state index is -0.981. The van der Waals surface area contributed by atoms with Gasteiger partial charge in [-0.15, -0.1) is 10.6 Å². The molecule has 2 nitrogen and oxygen atoms in total. The van der Waals surface area contributed by atoms with Crippen molar-refractivity contribution >= 4 is 21.2 Å². The minimum Gasteiger partial charge on any atom is -0.478 e. The molecule has 14 heavy (non-hydrogen) atoms. The molecule has 1 radical (unpaired) electrons. The molecule has 0 aromatic heterocycles. The van der Waals surface area contributed by atoms with Crippen LogP contribution in [-0.4, -0.2) is 26.3 Å². The van der Waals surface area contributed by atoms with Crippen molar-refractivity contribution in [3.63, 3.8) is 0 Å². The first kappa shape index (κ1) is 16.2. The van der Waals surface area contributed by atoms with E-state index in [9.17, 15) is 4.79 Å². The summed E-state index contributed by atoms with van der Waals surface area (Å²) in [7, 11) is 0. The molecule has 0 aromatic carbocycles. The van der Waals surface area contributed by atoms with E-state index in [4.69, 9.17) is 5.11 Å². The van der Waals surface area contributed by atoms with Crippen molar-refractivity contribution in [3.8, 4) is 0 Å². The highest BCUT2D eigenvalue weighted by Crippen LogP contribution is 2.05. The number of hydrogen-bond donors (Lipinski definition) is 1. The summed E-state index contributed by atoms with van der Waals surface area (Å²) in [6.45, 7) is 12.2. The fourth-order valence-corrected chi connectivity index (χ4v) is 2.29. The van der Waals surface area contributed by atoms with Gasteiger partial charge in [-0.25, -0.2) is 4.79 Å². The molecule has 81 valence electrons. The van der Waals surface area contributed by atoms with Gasteiger partial charge in [-0.05, 0) is 0 Å². The second-order valence-corrected chi connectivity index (χ2v) is 5.61. The molecular weight excluding hydrogens is 191 g/mol. The second-order valence-electron chi connectivity index (χ2n) is 4.09. The average molecular weight is 213 g/mol. The third kappa shape index (κ3) is 22.6. The summed E-state index contributed by atoms with van der Waals surface area (Å²) in [6, 6.07) is 0. The molecular formula is C11H22AlO2. The molecule has 0 aliphatic carbocycles. The quantitative estimate of drug-likeness (QED) is 0.563. The van der Waals surface area contributed by atoms with Crippen molar-refractivity contribution in [1.29, 1.82) is 0 Å². The predicted octanol–water partition coefficient (Wildman–Crippen LogP) is 3.10. The van der Waals surface area contributed by atoms with E-state index in [0.717, 1.165) is 33.1 Å². The van der Waals surface area contributed by atoms with E-state index in [1.54, 1.807) is 0 Å². The van der Waals surface area contributed by atoms with Gasteiger partial charge in [0, 0.05) is 6.08 Å². The SMILES string of the molecule is C=CC(=O)O.CC(C)[CH2][Al][CH2]C(C)C. The normalized spacial score (nSPS) is 9.29. The van der Waals surface area contributed by atoms with E-state index in [2.05, 4.69) is 34.3 Å². The molecule has 0 bridgehead atoms. The summed E-state index contributed by atoms with van der Waals surface area (Å²) in [5.41, 5.74) is 0. The summed E-state index contributed by atoms with van der Waals surface area (Å²) in [5.74, 6) is 0.877. The highest BCUT2D eigenvalue weighted by atomic mass is 27.1. The molecule has 0 rings (SSSR count). The molecule has 0 aromatic rings. The van der Waals surface area contributed by atoms with Crippen LogP contribution >= 0.6 is 0 Å². The van der Waals surface area contributed by atoms with E-state index in [1.807, 2.05) is 0 Å². The summed E-state index contributed by atoms with van der Waals surface area (Å²) in [4.78, 5) is 9.25. The van der Waals surface area contributed by atoms with Crippen molar-refractivity contribution < 1.29 is 9.90 Å². The lowest BCUT2D eigenvalue weighted by Crippen LogP contribution is -1.99.